The summed E-state index contributed by atoms with van der Waals surface area (Å²) in [7, 11) is 5.68. The molecule has 2 aliphatic heterocycles. The van der Waals surface area contributed by atoms with Gasteiger partial charge in [-0.25, -0.2) is 4.79 Å². The predicted molar refractivity (Wildman–Crippen MR) is 157 cm³/mol. The quantitative estimate of drug-likeness (QED) is 0.370. The number of rotatable bonds is 8. The molecule has 0 spiro atoms. The van der Waals surface area contributed by atoms with Crippen LogP contribution in [0.1, 0.15) is 41.6 Å². The maximum atomic E-state index is 11.8. The number of carbonyl (C=O) groups is 1. The molecule has 2 heterocycles. The molecule has 0 aliphatic carbocycles. The van der Waals surface area contributed by atoms with Crippen LogP contribution < -0.4 is 9.47 Å². The van der Waals surface area contributed by atoms with Crippen molar-refractivity contribution in [3.63, 3.8) is 0 Å². The lowest BCUT2D eigenvalue weighted by Gasteiger charge is -2.28. The minimum Gasteiger partial charge on any atom is -0.493 e. The zero-order chi connectivity index (χ0) is 27.5. The standard InChI is InChI=1S/C15H20BrNO3.C14H20BrNO2/c1-17-7-5-11(6-8-17)10-20-14-4-3-12(16)9-13(14)15(18)19-2;1-16-6-4-11(5-7-16)10-18-14-3-2-13(15)8-12(14)9-17/h3-4,9,11H,5-8,10H2,1-2H3;2-3,8,11,17H,4-7,9-10H2,1H3. The molecule has 0 unspecified atom stereocenters. The van der Waals surface area contributed by atoms with E-state index in [1.54, 1.807) is 6.07 Å². The Bertz CT molecular complexity index is 1020. The highest BCUT2D eigenvalue weighted by Crippen LogP contribution is 2.27. The van der Waals surface area contributed by atoms with Crippen LogP contribution in [0, 0.1) is 11.8 Å². The van der Waals surface area contributed by atoms with Gasteiger partial charge in [-0.05, 0) is 114 Å². The topological polar surface area (TPSA) is 71.5 Å². The van der Waals surface area contributed by atoms with E-state index in [-0.39, 0.29) is 12.6 Å². The first kappa shape index (κ1) is 30.9. The molecule has 0 bridgehead atoms. The average molecular weight is 656 g/mol. The summed E-state index contributed by atoms with van der Waals surface area (Å²) in [5, 5.41) is 9.31. The average Bonchev–Trinajstić information content (AvgIpc) is 2.93. The molecule has 2 aromatic carbocycles. The Labute approximate surface area is 243 Å². The number of esters is 1. The van der Waals surface area contributed by atoms with Crippen molar-refractivity contribution in [2.24, 2.45) is 11.8 Å². The van der Waals surface area contributed by atoms with E-state index in [4.69, 9.17) is 14.2 Å². The van der Waals surface area contributed by atoms with Gasteiger partial charge in [-0.1, -0.05) is 31.9 Å². The van der Waals surface area contributed by atoms with E-state index in [0.29, 0.717) is 29.8 Å². The molecule has 2 aliphatic rings. The largest absolute Gasteiger partial charge is 0.493 e. The molecule has 0 saturated carbocycles. The normalized spacial score (nSPS) is 17.4. The highest BCUT2D eigenvalue weighted by atomic mass is 79.9. The van der Waals surface area contributed by atoms with E-state index in [0.717, 1.165) is 65.9 Å². The van der Waals surface area contributed by atoms with Crippen molar-refractivity contribution in [2.45, 2.75) is 32.3 Å². The summed E-state index contributed by atoms with van der Waals surface area (Å²) in [5.74, 6) is 2.22. The first-order valence-electron chi connectivity index (χ1n) is 13.2. The van der Waals surface area contributed by atoms with Crippen LogP contribution in [0.15, 0.2) is 45.3 Å². The highest BCUT2D eigenvalue weighted by Gasteiger charge is 2.20. The third-order valence-corrected chi connectivity index (χ3v) is 8.15. The van der Waals surface area contributed by atoms with Gasteiger partial charge < -0.3 is 29.1 Å². The Hall–Kier alpha value is -1.65. The lowest BCUT2D eigenvalue weighted by atomic mass is 9.98. The van der Waals surface area contributed by atoms with Crippen LogP contribution in [-0.2, 0) is 11.3 Å². The molecule has 4 rings (SSSR count). The molecule has 38 heavy (non-hydrogen) atoms. The number of benzene rings is 2. The number of nitrogens with zero attached hydrogens (tertiary/aromatic N) is 2. The van der Waals surface area contributed by atoms with Crippen molar-refractivity contribution in [1.29, 1.82) is 0 Å². The molecule has 1 N–H and O–H groups in total. The number of aliphatic hydroxyl groups is 1. The van der Waals surface area contributed by atoms with Gasteiger partial charge in [0.1, 0.15) is 17.1 Å². The van der Waals surface area contributed by atoms with Crippen molar-refractivity contribution in [1.82, 2.24) is 9.80 Å². The SMILES string of the molecule is CN1CCC(COc2ccc(Br)cc2CO)CC1.COC(=O)c1cc(Br)ccc1OCC1CCN(C)CC1. The molecule has 2 saturated heterocycles. The molecule has 2 aromatic rings. The van der Waals surface area contributed by atoms with Gasteiger partial charge in [-0.3, -0.25) is 0 Å². The highest BCUT2D eigenvalue weighted by molar-refractivity contribution is 9.10. The third-order valence-electron chi connectivity index (χ3n) is 7.17. The second-order valence-corrected chi connectivity index (χ2v) is 12.0. The van der Waals surface area contributed by atoms with Crippen LogP contribution in [0.2, 0.25) is 0 Å². The number of halogens is 2. The number of ether oxygens (including phenoxy) is 3. The Kier molecular flexibility index (Phi) is 12.9. The molecule has 2 fully saturated rings. The Morgan fingerprint density at radius 3 is 1.82 bits per heavy atom. The fourth-order valence-electron chi connectivity index (χ4n) is 4.58. The third kappa shape index (κ3) is 9.83. The van der Waals surface area contributed by atoms with Crippen molar-refractivity contribution in [3.05, 3.63) is 56.5 Å². The van der Waals surface area contributed by atoms with Gasteiger partial charge in [0, 0.05) is 14.5 Å². The van der Waals surface area contributed by atoms with Crippen molar-refractivity contribution in [3.8, 4) is 11.5 Å². The van der Waals surface area contributed by atoms with Gasteiger partial charge in [0.05, 0.1) is 26.9 Å². The molecule has 0 aromatic heterocycles. The Balaban J connectivity index is 0.000000212. The number of hydrogen-bond acceptors (Lipinski definition) is 7. The maximum Gasteiger partial charge on any atom is 0.341 e. The second-order valence-electron chi connectivity index (χ2n) is 10.2. The van der Waals surface area contributed by atoms with Gasteiger partial charge in [-0.2, -0.15) is 0 Å². The summed E-state index contributed by atoms with van der Waals surface area (Å²) in [6.07, 6.45) is 4.67. The minimum atomic E-state index is -0.371. The maximum absolute atomic E-state index is 11.8. The fraction of sp³-hybridized carbons (Fsp3) is 0.552. The van der Waals surface area contributed by atoms with Crippen molar-refractivity contribution < 1.29 is 24.1 Å². The van der Waals surface area contributed by atoms with Crippen LogP contribution >= 0.6 is 31.9 Å². The van der Waals surface area contributed by atoms with Gasteiger partial charge >= 0.3 is 5.97 Å². The number of likely N-dealkylation sites (tertiary alicyclic amines) is 2. The predicted octanol–water partition coefficient (Wildman–Crippen LogP) is 5.62. The van der Waals surface area contributed by atoms with E-state index >= 15 is 0 Å². The first-order chi connectivity index (χ1) is 18.3. The number of piperidine rings is 2. The van der Waals surface area contributed by atoms with Crippen LogP contribution in [0.4, 0.5) is 0 Å². The molecule has 9 heteroatoms. The summed E-state index contributed by atoms with van der Waals surface area (Å²) in [4.78, 5) is 16.4. The van der Waals surface area contributed by atoms with Crippen molar-refractivity contribution in [2.75, 3.05) is 60.6 Å². The van der Waals surface area contributed by atoms with E-state index in [1.165, 1.54) is 20.0 Å². The number of methoxy groups -OCH3 is 1. The number of aliphatic hydroxyl groups excluding tert-OH is 1. The molecule has 0 radical (unpaired) electrons. The van der Waals surface area contributed by atoms with Crippen LogP contribution in [-0.4, -0.2) is 81.5 Å². The van der Waals surface area contributed by atoms with Gasteiger partial charge in [-0.15, -0.1) is 0 Å². The molecular formula is C29H40Br2N2O5. The number of carbonyl (C=O) groups excluding carboxylic acids is 1. The summed E-state index contributed by atoms with van der Waals surface area (Å²) < 4.78 is 18.3. The molecular weight excluding hydrogens is 616 g/mol. The Morgan fingerprint density at radius 2 is 1.32 bits per heavy atom. The van der Waals surface area contributed by atoms with Crippen molar-refractivity contribution >= 4 is 37.8 Å². The second kappa shape index (κ2) is 15.8. The van der Waals surface area contributed by atoms with E-state index in [1.807, 2.05) is 30.3 Å². The monoisotopic (exact) mass is 654 g/mol. The minimum absolute atomic E-state index is 0.0160. The summed E-state index contributed by atoms with van der Waals surface area (Å²) >= 11 is 6.76. The zero-order valence-electron chi connectivity index (χ0n) is 22.6. The fourth-order valence-corrected chi connectivity index (χ4v) is 5.35. The molecule has 7 nitrogen and oxygen atoms in total. The van der Waals surface area contributed by atoms with E-state index < -0.39 is 0 Å². The summed E-state index contributed by atoms with van der Waals surface area (Å²) in [6, 6.07) is 11.2. The molecule has 0 amide bonds. The van der Waals surface area contributed by atoms with E-state index in [2.05, 4.69) is 55.8 Å². The smallest absolute Gasteiger partial charge is 0.341 e. The summed E-state index contributed by atoms with van der Waals surface area (Å²) in [5.41, 5.74) is 1.31. The van der Waals surface area contributed by atoms with Crippen LogP contribution in [0.3, 0.4) is 0 Å². The lowest BCUT2D eigenvalue weighted by molar-refractivity contribution is 0.0594. The zero-order valence-corrected chi connectivity index (χ0v) is 25.8. The summed E-state index contributed by atoms with van der Waals surface area (Å²) in [6.45, 7) is 5.95. The number of hydrogen-bond donors (Lipinski definition) is 1. The molecule has 210 valence electrons. The lowest BCUT2D eigenvalue weighted by Crippen LogP contribution is -2.32. The van der Waals surface area contributed by atoms with E-state index in [9.17, 15) is 9.90 Å². The van der Waals surface area contributed by atoms with Crippen LogP contribution in [0.5, 0.6) is 11.5 Å². The Morgan fingerprint density at radius 1 is 0.842 bits per heavy atom. The first-order valence-corrected chi connectivity index (χ1v) is 14.8. The van der Waals surface area contributed by atoms with Gasteiger partial charge in [0.2, 0.25) is 0 Å². The molecule has 0 atom stereocenters. The van der Waals surface area contributed by atoms with Gasteiger partial charge in [0.15, 0.2) is 0 Å². The van der Waals surface area contributed by atoms with Gasteiger partial charge in [0.25, 0.3) is 0 Å². The van der Waals surface area contributed by atoms with Crippen LogP contribution in [0.25, 0.3) is 0 Å².